The molecular weight excluding hydrogens is 436 g/mol. The van der Waals surface area contributed by atoms with Gasteiger partial charge in [0.2, 0.25) is 0 Å². The smallest absolute Gasteiger partial charge is 0.253 e. The van der Waals surface area contributed by atoms with E-state index in [0.717, 1.165) is 27.2 Å². The van der Waals surface area contributed by atoms with Crippen molar-refractivity contribution < 1.29 is 4.79 Å². The maximum atomic E-state index is 13.1. The predicted octanol–water partition coefficient (Wildman–Crippen LogP) is 4.00. The van der Waals surface area contributed by atoms with Crippen molar-refractivity contribution in [2.24, 2.45) is 5.10 Å². The summed E-state index contributed by atoms with van der Waals surface area (Å²) >= 11 is 4.31. The number of anilines is 1. The molecule has 0 saturated carbocycles. The van der Waals surface area contributed by atoms with Crippen LogP contribution in [0.1, 0.15) is 33.3 Å². The summed E-state index contributed by atoms with van der Waals surface area (Å²) in [6, 6.07) is 13.1. The van der Waals surface area contributed by atoms with E-state index in [-0.39, 0.29) is 34.6 Å². The standard InChI is InChI=1S/C20H14N6OS3/c21-9-12-7-13(10-22)20(24-19(12)23)30-11-18(27)26-15(17-4-2-6-29-17)8-14(25-26)16-3-1-5-28-16/h1-7,15H,8,11H2,(H2,23,24)/t15-/m0/s1. The van der Waals surface area contributed by atoms with Crippen LogP contribution in [-0.4, -0.2) is 27.4 Å². The molecule has 0 aliphatic carbocycles. The fraction of sp³-hybridized carbons (Fsp3) is 0.150. The van der Waals surface area contributed by atoms with Crippen LogP contribution in [-0.2, 0) is 4.79 Å². The zero-order chi connectivity index (χ0) is 21.1. The van der Waals surface area contributed by atoms with E-state index < -0.39 is 0 Å². The number of carbonyl (C=O) groups excluding carboxylic acids is 1. The van der Waals surface area contributed by atoms with Gasteiger partial charge >= 0.3 is 0 Å². The molecule has 4 rings (SSSR count). The minimum Gasteiger partial charge on any atom is -0.383 e. The fourth-order valence-corrected chi connectivity index (χ4v) is 5.37. The first kappa shape index (κ1) is 20.1. The summed E-state index contributed by atoms with van der Waals surface area (Å²) in [6.45, 7) is 0. The van der Waals surface area contributed by atoms with Gasteiger partial charge in [0.05, 0.1) is 33.5 Å². The molecule has 0 fully saturated rings. The predicted molar refractivity (Wildman–Crippen MR) is 118 cm³/mol. The third-order valence-electron chi connectivity index (χ3n) is 4.43. The van der Waals surface area contributed by atoms with Crippen LogP contribution < -0.4 is 5.73 Å². The second-order valence-electron chi connectivity index (χ2n) is 6.28. The van der Waals surface area contributed by atoms with Gasteiger partial charge in [0.15, 0.2) is 0 Å². The molecule has 10 heteroatoms. The summed E-state index contributed by atoms with van der Waals surface area (Å²) in [4.78, 5) is 19.3. The SMILES string of the molecule is N#Cc1cc(C#N)c(SCC(=O)N2N=C(c3cccs3)C[C@H]2c2cccs2)nc1N. The molecule has 1 atom stereocenters. The Hall–Kier alpha value is -3.18. The van der Waals surface area contributed by atoms with Crippen LogP contribution in [0.4, 0.5) is 5.82 Å². The van der Waals surface area contributed by atoms with E-state index >= 15 is 0 Å². The van der Waals surface area contributed by atoms with E-state index in [9.17, 15) is 10.1 Å². The van der Waals surface area contributed by atoms with Gasteiger partial charge in [0.25, 0.3) is 5.91 Å². The molecule has 7 nitrogen and oxygen atoms in total. The molecule has 3 aromatic heterocycles. The molecule has 4 heterocycles. The average molecular weight is 451 g/mol. The van der Waals surface area contributed by atoms with Crippen LogP contribution in [0, 0.1) is 22.7 Å². The summed E-state index contributed by atoms with van der Waals surface area (Å²) in [6.07, 6.45) is 0.656. The molecule has 3 aromatic rings. The average Bonchev–Trinajstić information content (AvgIpc) is 3.52. The van der Waals surface area contributed by atoms with Crippen molar-refractivity contribution in [1.29, 1.82) is 10.5 Å². The molecule has 0 bridgehead atoms. The maximum absolute atomic E-state index is 13.1. The zero-order valence-electron chi connectivity index (χ0n) is 15.5. The van der Waals surface area contributed by atoms with Crippen molar-refractivity contribution in [3.8, 4) is 12.1 Å². The van der Waals surface area contributed by atoms with Crippen molar-refractivity contribution >= 4 is 51.9 Å². The van der Waals surface area contributed by atoms with Gasteiger partial charge in [-0.2, -0.15) is 15.6 Å². The number of nitrogens with two attached hydrogens (primary N) is 1. The number of nitrogen functional groups attached to an aromatic ring is 1. The number of pyridine rings is 1. The minimum absolute atomic E-state index is 0.0436. The summed E-state index contributed by atoms with van der Waals surface area (Å²) in [5.41, 5.74) is 7.02. The van der Waals surface area contributed by atoms with Crippen molar-refractivity contribution in [1.82, 2.24) is 9.99 Å². The van der Waals surface area contributed by atoms with Crippen molar-refractivity contribution in [2.75, 3.05) is 11.5 Å². The first-order chi connectivity index (χ1) is 14.6. The molecule has 1 aliphatic heterocycles. The molecule has 0 spiro atoms. The largest absolute Gasteiger partial charge is 0.383 e. The van der Waals surface area contributed by atoms with Crippen molar-refractivity contribution in [3.05, 3.63) is 62.0 Å². The molecule has 0 radical (unpaired) electrons. The number of hydrazone groups is 1. The van der Waals surface area contributed by atoms with Gasteiger partial charge in [-0.05, 0) is 29.0 Å². The highest BCUT2D eigenvalue weighted by Gasteiger charge is 2.34. The van der Waals surface area contributed by atoms with Crippen LogP contribution >= 0.6 is 34.4 Å². The Labute approximate surface area is 185 Å². The molecule has 1 aliphatic rings. The molecule has 30 heavy (non-hydrogen) atoms. The Morgan fingerprint density at radius 1 is 1.23 bits per heavy atom. The first-order valence-corrected chi connectivity index (χ1v) is 11.6. The number of hydrogen-bond donors (Lipinski definition) is 1. The lowest BCUT2D eigenvalue weighted by Gasteiger charge is -2.20. The quantitative estimate of drug-likeness (QED) is 0.587. The van der Waals surface area contributed by atoms with Gasteiger partial charge in [0.1, 0.15) is 23.0 Å². The van der Waals surface area contributed by atoms with Crippen molar-refractivity contribution in [3.63, 3.8) is 0 Å². The number of hydrogen-bond acceptors (Lipinski definition) is 9. The van der Waals surface area contributed by atoms with E-state index in [2.05, 4.69) is 10.1 Å². The highest BCUT2D eigenvalue weighted by atomic mass is 32.2. The molecule has 0 saturated heterocycles. The monoisotopic (exact) mass is 450 g/mol. The summed E-state index contributed by atoms with van der Waals surface area (Å²) in [5, 5.41) is 28.9. The van der Waals surface area contributed by atoms with Gasteiger partial charge < -0.3 is 5.73 Å². The van der Waals surface area contributed by atoms with Crippen molar-refractivity contribution in [2.45, 2.75) is 17.5 Å². The number of rotatable bonds is 5. The molecule has 2 N–H and O–H groups in total. The van der Waals surface area contributed by atoms with Gasteiger partial charge in [0, 0.05) is 11.3 Å². The van der Waals surface area contributed by atoms with Gasteiger partial charge in [-0.25, -0.2) is 9.99 Å². The third kappa shape index (κ3) is 3.94. The minimum atomic E-state index is -0.182. The molecule has 1 amide bonds. The van der Waals surface area contributed by atoms with E-state index in [1.165, 1.54) is 11.1 Å². The van der Waals surface area contributed by atoms with E-state index in [0.29, 0.717) is 11.4 Å². The Morgan fingerprint density at radius 2 is 2.00 bits per heavy atom. The maximum Gasteiger partial charge on any atom is 0.253 e. The normalized spacial score (nSPS) is 15.5. The lowest BCUT2D eigenvalue weighted by atomic mass is 10.1. The Morgan fingerprint density at radius 3 is 2.67 bits per heavy atom. The van der Waals surface area contributed by atoms with Gasteiger partial charge in [-0.15, -0.1) is 22.7 Å². The lowest BCUT2D eigenvalue weighted by molar-refractivity contribution is -0.130. The van der Waals surface area contributed by atoms with E-state index in [4.69, 9.17) is 11.0 Å². The van der Waals surface area contributed by atoms with E-state index in [1.54, 1.807) is 22.7 Å². The van der Waals surface area contributed by atoms with E-state index in [1.807, 2.05) is 47.2 Å². The van der Waals surface area contributed by atoms with Crippen LogP contribution in [0.3, 0.4) is 0 Å². The number of nitrogens with zero attached hydrogens (tertiary/aromatic N) is 5. The zero-order valence-corrected chi connectivity index (χ0v) is 17.9. The first-order valence-electron chi connectivity index (χ1n) is 8.81. The van der Waals surface area contributed by atoms with Gasteiger partial charge in [-0.1, -0.05) is 23.9 Å². The van der Waals surface area contributed by atoms with Crippen LogP contribution in [0.15, 0.2) is 51.2 Å². The second kappa shape index (κ2) is 8.67. The van der Waals surface area contributed by atoms with Crippen LogP contribution in [0.2, 0.25) is 0 Å². The van der Waals surface area contributed by atoms with Crippen LogP contribution in [0.25, 0.3) is 0 Å². The Bertz CT molecular complexity index is 1190. The van der Waals surface area contributed by atoms with Gasteiger partial charge in [-0.3, -0.25) is 4.79 Å². The summed E-state index contributed by atoms with van der Waals surface area (Å²) < 4.78 is 0. The number of carbonyl (C=O) groups is 1. The Balaban J connectivity index is 1.56. The number of nitriles is 2. The topological polar surface area (TPSA) is 119 Å². The third-order valence-corrected chi connectivity index (χ3v) is 7.30. The molecule has 148 valence electrons. The number of thiophene rings is 2. The number of amides is 1. The number of thioether (sulfide) groups is 1. The lowest BCUT2D eigenvalue weighted by Crippen LogP contribution is -2.28. The molecule has 0 unspecified atom stereocenters. The highest BCUT2D eigenvalue weighted by Crippen LogP contribution is 2.36. The fourth-order valence-electron chi connectivity index (χ4n) is 3.02. The Kier molecular flexibility index (Phi) is 5.81. The summed E-state index contributed by atoms with van der Waals surface area (Å²) in [5.74, 6) is -0.0866. The van der Waals surface area contributed by atoms with Crippen LogP contribution in [0.5, 0.6) is 0 Å². The second-order valence-corrected chi connectivity index (χ2v) is 9.17. The molecule has 0 aromatic carbocycles. The highest BCUT2D eigenvalue weighted by molar-refractivity contribution is 8.00. The molecular formula is C20H14N6OS3. The summed E-state index contributed by atoms with van der Waals surface area (Å²) in [7, 11) is 0. The number of aromatic nitrogens is 1.